The van der Waals surface area contributed by atoms with Gasteiger partial charge in [-0.3, -0.25) is 4.98 Å². The average molecular weight is 316 g/mol. The molecular weight excluding hydrogens is 303 g/mol. The van der Waals surface area contributed by atoms with E-state index in [9.17, 15) is 0 Å². The molecule has 0 aliphatic rings. The fraction of sp³-hybridized carbons (Fsp3) is 0.214. The summed E-state index contributed by atoms with van der Waals surface area (Å²) in [6.07, 6.45) is 4.51. The zero-order valence-electron chi connectivity index (χ0n) is 10.2. The molecular formula is C14H13Cl3N2. The van der Waals surface area contributed by atoms with Crippen LogP contribution in [0.4, 0.5) is 0 Å². The highest BCUT2D eigenvalue weighted by Gasteiger charge is 2.08. The smallest absolute Gasteiger partial charge is 0.0652 e. The Kier molecular flexibility index (Phi) is 5.46. The summed E-state index contributed by atoms with van der Waals surface area (Å²) in [5, 5.41) is 4.99. The molecule has 1 aromatic heterocycles. The number of benzene rings is 1. The van der Waals surface area contributed by atoms with Crippen LogP contribution in [-0.4, -0.2) is 11.5 Å². The van der Waals surface area contributed by atoms with Gasteiger partial charge in [-0.25, -0.2) is 0 Å². The number of nitrogens with one attached hydrogen (secondary N) is 1. The van der Waals surface area contributed by atoms with Crippen molar-refractivity contribution in [2.24, 2.45) is 0 Å². The third-order valence-corrected chi connectivity index (χ3v) is 3.98. The van der Waals surface area contributed by atoms with E-state index in [0.717, 1.165) is 18.5 Å². The number of rotatable bonds is 5. The Morgan fingerprint density at radius 1 is 0.947 bits per heavy atom. The Bertz CT molecular complexity index is 544. The summed E-state index contributed by atoms with van der Waals surface area (Å²) in [6, 6.07) is 7.46. The Hall–Kier alpha value is -0.800. The van der Waals surface area contributed by atoms with Gasteiger partial charge in [0.1, 0.15) is 0 Å². The zero-order valence-corrected chi connectivity index (χ0v) is 12.4. The lowest BCUT2D eigenvalue weighted by atomic mass is 10.2. The number of pyridine rings is 1. The van der Waals surface area contributed by atoms with Crippen molar-refractivity contribution in [3.8, 4) is 0 Å². The summed E-state index contributed by atoms with van der Waals surface area (Å²) < 4.78 is 0. The molecule has 0 unspecified atom stereocenters. The average Bonchev–Trinajstić information content (AvgIpc) is 2.43. The van der Waals surface area contributed by atoms with Crippen LogP contribution < -0.4 is 5.32 Å². The number of nitrogens with zero attached hydrogens (tertiary/aromatic N) is 1. The van der Waals surface area contributed by atoms with Gasteiger partial charge in [-0.1, -0.05) is 34.8 Å². The van der Waals surface area contributed by atoms with E-state index in [1.165, 1.54) is 5.56 Å². The van der Waals surface area contributed by atoms with Gasteiger partial charge in [0.15, 0.2) is 0 Å². The van der Waals surface area contributed by atoms with E-state index in [-0.39, 0.29) is 0 Å². The van der Waals surface area contributed by atoms with Crippen LogP contribution in [0.15, 0.2) is 36.7 Å². The number of aromatic nitrogens is 1. The van der Waals surface area contributed by atoms with Crippen molar-refractivity contribution in [1.29, 1.82) is 0 Å². The zero-order chi connectivity index (χ0) is 13.7. The SMILES string of the molecule is Clc1ccc(Cl)c(CNCCc2ccncc2)c1Cl. The van der Waals surface area contributed by atoms with E-state index in [0.29, 0.717) is 21.6 Å². The van der Waals surface area contributed by atoms with E-state index < -0.39 is 0 Å². The predicted octanol–water partition coefficient (Wildman–Crippen LogP) is 4.37. The molecule has 0 amide bonds. The second-order valence-electron chi connectivity index (χ2n) is 4.10. The van der Waals surface area contributed by atoms with Crippen molar-refractivity contribution in [3.05, 3.63) is 62.9 Å². The topological polar surface area (TPSA) is 24.9 Å². The van der Waals surface area contributed by atoms with Gasteiger partial charge in [-0.2, -0.15) is 0 Å². The normalized spacial score (nSPS) is 10.7. The second kappa shape index (κ2) is 7.11. The van der Waals surface area contributed by atoms with E-state index >= 15 is 0 Å². The standard InChI is InChI=1S/C14H13Cl3N2/c15-12-1-2-13(16)14(17)11(12)9-19-8-5-10-3-6-18-7-4-10/h1-4,6-7,19H,5,8-9H2. The Balaban J connectivity index is 1.88. The van der Waals surface area contributed by atoms with Crippen LogP contribution >= 0.6 is 34.8 Å². The first-order valence-corrected chi connectivity index (χ1v) is 7.04. The molecule has 100 valence electrons. The van der Waals surface area contributed by atoms with E-state index in [4.69, 9.17) is 34.8 Å². The van der Waals surface area contributed by atoms with E-state index in [1.54, 1.807) is 24.5 Å². The minimum atomic E-state index is 0.519. The van der Waals surface area contributed by atoms with Crippen LogP contribution in [0.3, 0.4) is 0 Å². The maximum Gasteiger partial charge on any atom is 0.0652 e. The van der Waals surface area contributed by atoms with Crippen molar-refractivity contribution in [2.45, 2.75) is 13.0 Å². The molecule has 2 aromatic rings. The maximum absolute atomic E-state index is 6.13. The summed E-state index contributed by atoms with van der Waals surface area (Å²) in [5.41, 5.74) is 2.08. The van der Waals surface area contributed by atoms with Crippen LogP contribution in [0.25, 0.3) is 0 Å². The Morgan fingerprint density at radius 2 is 1.63 bits per heavy atom. The predicted molar refractivity (Wildman–Crippen MR) is 81.1 cm³/mol. The van der Waals surface area contributed by atoms with Gasteiger partial charge in [0.2, 0.25) is 0 Å². The summed E-state index contributed by atoms with van der Waals surface area (Å²) in [7, 11) is 0. The largest absolute Gasteiger partial charge is 0.312 e. The maximum atomic E-state index is 6.13. The van der Waals surface area contributed by atoms with Gasteiger partial charge in [0.25, 0.3) is 0 Å². The van der Waals surface area contributed by atoms with Crippen molar-refractivity contribution >= 4 is 34.8 Å². The molecule has 2 rings (SSSR count). The van der Waals surface area contributed by atoms with Crippen molar-refractivity contribution in [2.75, 3.05) is 6.54 Å². The third-order valence-electron chi connectivity index (χ3n) is 2.78. The monoisotopic (exact) mass is 314 g/mol. The van der Waals surface area contributed by atoms with E-state index in [1.807, 2.05) is 12.1 Å². The molecule has 19 heavy (non-hydrogen) atoms. The molecule has 0 saturated heterocycles. The van der Waals surface area contributed by atoms with Gasteiger partial charge in [0.05, 0.1) is 10.0 Å². The van der Waals surface area contributed by atoms with Crippen LogP contribution in [0.2, 0.25) is 15.1 Å². The van der Waals surface area contributed by atoms with Gasteiger partial charge in [-0.05, 0) is 42.8 Å². The van der Waals surface area contributed by atoms with Crippen molar-refractivity contribution in [3.63, 3.8) is 0 Å². The molecule has 0 saturated carbocycles. The summed E-state index contributed by atoms with van der Waals surface area (Å²) in [4.78, 5) is 3.98. The lowest BCUT2D eigenvalue weighted by molar-refractivity contribution is 0.687. The fourth-order valence-corrected chi connectivity index (χ4v) is 2.41. The third kappa shape index (κ3) is 4.08. The lowest BCUT2D eigenvalue weighted by Gasteiger charge is -2.10. The first-order valence-electron chi connectivity index (χ1n) is 5.90. The van der Waals surface area contributed by atoms with Crippen LogP contribution in [0.1, 0.15) is 11.1 Å². The van der Waals surface area contributed by atoms with E-state index in [2.05, 4.69) is 10.3 Å². The molecule has 1 aromatic carbocycles. The van der Waals surface area contributed by atoms with Crippen molar-refractivity contribution in [1.82, 2.24) is 10.3 Å². The molecule has 0 fully saturated rings. The number of hydrogen-bond acceptors (Lipinski definition) is 2. The quantitative estimate of drug-likeness (QED) is 0.654. The summed E-state index contributed by atoms with van der Waals surface area (Å²) >= 11 is 18.2. The summed E-state index contributed by atoms with van der Waals surface area (Å²) in [5.74, 6) is 0. The van der Waals surface area contributed by atoms with Gasteiger partial charge in [0, 0.05) is 29.5 Å². The Labute approximate surface area is 127 Å². The highest BCUT2D eigenvalue weighted by atomic mass is 35.5. The van der Waals surface area contributed by atoms with Crippen LogP contribution in [-0.2, 0) is 13.0 Å². The van der Waals surface area contributed by atoms with Gasteiger partial charge < -0.3 is 5.32 Å². The first-order chi connectivity index (χ1) is 9.18. The number of halogens is 3. The van der Waals surface area contributed by atoms with Crippen LogP contribution in [0.5, 0.6) is 0 Å². The molecule has 1 heterocycles. The minimum Gasteiger partial charge on any atom is -0.312 e. The molecule has 0 bridgehead atoms. The molecule has 0 atom stereocenters. The molecule has 0 radical (unpaired) electrons. The minimum absolute atomic E-state index is 0.519. The number of hydrogen-bond donors (Lipinski definition) is 1. The van der Waals surface area contributed by atoms with Gasteiger partial charge >= 0.3 is 0 Å². The molecule has 5 heteroatoms. The molecule has 0 spiro atoms. The van der Waals surface area contributed by atoms with Crippen LogP contribution in [0, 0.1) is 0 Å². The molecule has 1 N–H and O–H groups in total. The Morgan fingerprint density at radius 3 is 2.37 bits per heavy atom. The fourth-order valence-electron chi connectivity index (χ4n) is 1.73. The molecule has 2 nitrogen and oxygen atoms in total. The highest BCUT2D eigenvalue weighted by molar-refractivity contribution is 6.44. The van der Waals surface area contributed by atoms with Crippen molar-refractivity contribution < 1.29 is 0 Å². The second-order valence-corrected chi connectivity index (χ2v) is 5.30. The lowest BCUT2D eigenvalue weighted by Crippen LogP contribution is -2.17. The summed E-state index contributed by atoms with van der Waals surface area (Å²) in [6.45, 7) is 1.44. The first kappa shape index (κ1) is 14.6. The van der Waals surface area contributed by atoms with Gasteiger partial charge in [-0.15, -0.1) is 0 Å². The molecule has 0 aliphatic carbocycles. The highest BCUT2D eigenvalue weighted by Crippen LogP contribution is 2.31. The molecule has 0 aliphatic heterocycles.